The molecule has 1 aromatic carbocycles. The largest absolute Gasteiger partial charge is 0.493 e. The normalized spacial score (nSPS) is 12.3. The van der Waals surface area contributed by atoms with Gasteiger partial charge in [-0.05, 0) is 37.1 Å². The van der Waals surface area contributed by atoms with E-state index in [1.54, 1.807) is 26.5 Å². The fourth-order valence-electron chi connectivity index (χ4n) is 3.72. The van der Waals surface area contributed by atoms with E-state index < -0.39 is 0 Å². The van der Waals surface area contributed by atoms with Gasteiger partial charge in [-0.15, -0.1) is 0 Å². The predicted octanol–water partition coefficient (Wildman–Crippen LogP) is 3.27. The highest BCUT2D eigenvalue weighted by atomic mass is 16.5. The molecule has 4 aromatic rings. The minimum absolute atomic E-state index is 0.0865. The molecular formula is C22H25N5O3. The van der Waals surface area contributed by atoms with E-state index in [0.29, 0.717) is 23.6 Å². The van der Waals surface area contributed by atoms with Crippen LogP contribution in [0.1, 0.15) is 31.3 Å². The lowest BCUT2D eigenvalue weighted by Crippen LogP contribution is -2.18. The maximum atomic E-state index is 12.8. The van der Waals surface area contributed by atoms with E-state index in [2.05, 4.69) is 17.1 Å². The molecule has 8 heteroatoms. The Kier molecular flexibility index (Phi) is 5.31. The van der Waals surface area contributed by atoms with E-state index in [4.69, 9.17) is 14.5 Å². The third kappa shape index (κ3) is 3.45. The SMILES string of the molecule is CCc1[nH]n2c(=O)cc(C[C@H](C)n3cccn3)nc2c1-c1ccc(OC)c(OC)c1. The highest BCUT2D eigenvalue weighted by Crippen LogP contribution is 2.35. The van der Waals surface area contributed by atoms with Gasteiger partial charge in [-0.1, -0.05) is 13.0 Å². The zero-order valence-electron chi connectivity index (χ0n) is 17.5. The number of aromatic nitrogens is 5. The summed E-state index contributed by atoms with van der Waals surface area (Å²) < 4.78 is 14.2. The second kappa shape index (κ2) is 8.06. The molecule has 3 heterocycles. The minimum atomic E-state index is -0.135. The van der Waals surface area contributed by atoms with Gasteiger partial charge >= 0.3 is 0 Å². The molecule has 30 heavy (non-hydrogen) atoms. The van der Waals surface area contributed by atoms with E-state index in [9.17, 15) is 4.79 Å². The Bertz CT molecular complexity index is 1220. The summed E-state index contributed by atoms with van der Waals surface area (Å²) in [5.74, 6) is 1.28. The zero-order chi connectivity index (χ0) is 21.3. The number of rotatable bonds is 7. The summed E-state index contributed by atoms with van der Waals surface area (Å²) in [4.78, 5) is 17.7. The van der Waals surface area contributed by atoms with Crippen molar-refractivity contribution in [1.29, 1.82) is 0 Å². The van der Waals surface area contributed by atoms with Gasteiger partial charge in [0.25, 0.3) is 5.56 Å². The van der Waals surface area contributed by atoms with Crippen molar-refractivity contribution in [3.63, 3.8) is 0 Å². The van der Waals surface area contributed by atoms with Crippen LogP contribution >= 0.6 is 0 Å². The number of aromatic amines is 1. The average Bonchev–Trinajstić information content (AvgIpc) is 3.41. The first-order valence-corrected chi connectivity index (χ1v) is 9.90. The Labute approximate surface area is 174 Å². The Hall–Kier alpha value is -3.55. The van der Waals surface area contributed by atoms with Crippen LogP contribution in [0.15, 0.2) is 47.5 Å². The summed E-state index contributed by atoms with van der Waals surface area (Å²) in [6.07, 6.45) is 4.99. The minimum Gasteiger partial charge on any atom is -0.493 e. The van der Waals surface area contributed by atoms with E-state index in [1.807, 2.05) is 42.1 Å². The molecule has 3 aromatic heterocycles. The second-order valence-electron chi connectivity index (χ2n) is 7.17. The maximum Gasteiger partial charge on any atom is 0.272 e. The van der Waals surface area contributed by atoms with Crippen molar-refractivity contribution in [3.8, 4) is 22.6 Å². The van der Waals surface area contributed by atoms with Crippen molar-refractivity contribution < 1.29 is 9.47 Å². The first kappa shape index (κ1) is 19.8. The monoisotopic (exact) mass is 407 g/mol. The van der Waals surface area contributed by atoms with Crippen molar-refractivity contribution in [2.45, 2.75) is 32.7 Å². The quantitative estimate of drug-likeness (QED) is 0.508. The van der Waals surface area contributed by atoms with Gasteiger partial charge < -0.3 is 9.47 Å². The van der Waals surface area contributed by atoms with Gasteiger partial charge in [0.05, 0.1) is 26.0 Å². The molecule has 1 N–H and O–H groups in total. The molecule has 8 nitrogen and oxygen atoms in total. The smallest absolute Gasteiger partial charge is 0.272 e. The third-order valence-electron chi connectivity index (χ3n) is 5.25. The first-order chi connectivity index (χ1) is 14.5. The number of nitrogens with zero attached hydrogens (tertiary/aromatic N) is 4. The summed E-state index contributed by atoms with van der Waals surface area (Å²) in [5.41, 5.74) is 3.94. The summed E-state index contributed by atoms with van der Waals surface area (Å²) in [7, 11) is 3.21. The average molecular weight is 407 g/mol. The Balaban J connectivity index is 1.85. The molecule has 0 saturated carbocycles. The summed E-state index contributed by atoms with van der Waals surface area (Å²) in [5, 5.41) is 7.50. The van der Waals surface area contributed by atoms with E-state index in [-0.39, 0.29) is 11.6 Å². The highest BCUT2D eigenvalue weighted by molar-refractivity contribution is 5.81. The van der Waals surface area contributed by atoms with Gasteiger partial charge in [0.2, 0.25) is 0 Å². The molecule has 0 spiro atoms. The zero-order valence-corrected chi connectivity index (χ0v) is 17.5. The highest BCUT2D eigenvalue weighted by Gasteiger charge is 2.19. The Morgan fingerprint density at radius 3 is 2.63 bits per heavy atom. The van der Waals surface area contributed by atoms with Crippen LogP contribution in [0.25, 0.3) is 16.8 Å². The molecule has 0 saturated heterocycles. The van der Waals surface area contributed by atoms with Crippen LogP contribution < -0.4 is 15.0 Å². The third-order valence-corrected chi connectivity index (χ3v) is 5.25. The van der Waals surface area contributed by atoms with Gasteiger partial charge in [-0.25, -0.2) is 9.50 Å². The lowest BCUT2D eigenvalue weighted by atomic mass is 10.0. The van der Waals surface area contributed by atoms with E-state index in [1.165, 1.54) is 4.52 Å². The standard InChI is InChI=1S/C22H25N5O3/c1-5-17-21(15-7-8-18(29-3)19(12-15)30-4)22-24-16(13-20(28)27(22)25-17)11-14(2)26-10-6-9-23-26/h6-10,12-14,25H,5,11H2,1-4H3/t14-/m0/s1. The first-order valence-electron chi connectivity index (χ1n) is 9.90. The van der Waals surface area contributed by atoms with Crippen LogP contribution in [0.3, 0.4) is 0 Å². The number of methoxy groups -OCH3 is 2. The number of hydrogen-bond acceptors (Lipinski definition) is 5. The number of H-pyrrole nitrogens is 1. The molecule has 4 rings (SSSR count). The van der Waals surface area contributed by atoms with E-state index >= 15 is 0 Å². The lowest BCUT2D eigenvalue weighted by Gasteiger charge is -2.12. The van der Waals surface area contributed by atoms with Crippen LogP contribution in [0, 0.1) is 0 Å². The fraction of sp³-hybridized carbons (Fsp3) is 0.318. The van der Waals surface area contributed by atoms with Crippen molar-refractivity contribution >= 4 is 5.65 Å². The van der Waals surface area contributed by atoms with Gasteiger partial charge in [0.15, 0.2) is 17.1 Å². The van der Waals surface area contributed by atoms with Crippen LogP contribution in [0.2, 0.25) is 0 Å². The maximum absolute atomic E-state index is 12.8. The van der Waals surface area contributed by atoms with Crippen LogP contribution in [0.4, 0.5) is 0 Å². The Morgan fingerprint density at radius 2 is 1.97 bits per heavy atom. The number of benzene rings is 1. The van der Waals surface area contributed by atoms with Crippen LogP contribution in [-0.4, -0.2) is 38.6 Å². The van der Waals surface area contributed by atoms with Gasteiger partial charge in [0, 0.05) is 36.1 Å². The summed E-state index contributed by atoms with van der Waals surface area (Å²) in [6.45, 7) is 4.10. The summed E-state index contributed by atoms with van der Waals surface area (Å²) in [6, 6.07) is 9.28. The van der Waals surface area contributed by atoms with Gasteiger partial charge in [-0.2, -0.15) is 5.10 Å². The van der Waals surface area contributed by atoms with Crippen molar-refractivity contribution in [3.05, 3.63) is 64.5 Å². The molecule has 0 radical (unpaired) electrons. The van der Waals surface area contributed by atoms with Crippen molar-refractivity contribution in [2.24, 2.45) is 0 Å². The molecule has 0 amide bonds. The molecule has 0 aliphatic rings. The number of fused-ring (bicyclic) bond motifs is 1. The summed E-state index contributed by atoms with van der Waals surface area (Å²) >= 11 is 0. The van der Waals surface area contributed by atoms with Crippen LogP contribution in [-0.2, 0) is 12.8 Å². The number of ether oxygens (including phenoxy) is 2. The Morgan fingerprint density at radius 1 is 1.17 bits per heavy atom. The lowest BCUT2D eigenvalue weighted by molar-refractivity contribution is 0.355. The predicted molar refractivity (Wildman–Crippen MR) is 114 cm³/mol. The van der Waals surface area contributed by atoms with Gasteiger partial charge in [-0.3, -0.25) is 14.6 Å². The van der Waals surface area contributed by atoms with Crippen molar-refractivity contribution in [2.75, 3.05) is 14.2 Å². The molecule has 0 fully saturated rings. The van der Waals surface area contributed by atoms with Gasteiger partial charge in [0.1, 0.15) is 0 Å². The van der Waals surface area contributed by atoms with Crippen LogP contribution in [0.5, 0.6) is 11.5 Å². The second-order valence-corrected chi connectivity index (χ2v) is 7.17. The molecule has 1 atom stereocenters. The number of hydrogen-bond donors (Lipinski definition) is 1. The molecule has 0 unspecified atom stereocenters. The fourth-order valence-corrected chi connectivity index (χ4v) is 3.72. The molecule has 0 aliphatic heterocycles. The molecule has 156 valence electrons. The van der Waals surface area contributed by atoms with E-state index in [0.717, 1.165) is 28.9 Å². The number of aryl methyl sites for hydroxylation is 1. The van der Waals surface area contributed by atoms with Crippen molar-refractivity contribution in [1.82, 2.24) is 24.4 Å². The topological polar surface area (TPSA) is 86.4 Å². The molecular weight excluding hydrogens is 382 g/mol. The molecule has 0 bridgehead atoms. The molecule has 0 aliphatic carbocycles. The number of nitrogens with one attached hydrogen (secondary N) is 1.